The molecule has 2 rings (SSSR count). The summed E-state index contributed by atoms with van der Waals surface area (Å²) in [5.41, 5.74) is 4.55. The van der Waals surface area contributed by atoms with Crippen molar-refractivity contribution in [2.24, 2.45) is 11.7 Å². The molecule has 2 fully saturated rings. The third-order valence-electron chi connectivity index (χ3n) is 3.53. The van der Waals surface area contributed by atoms with Gasteiger partial charge in [-0.3, -0.25) is 14.9 Å². The minimum absolute atomic E-state index is 0.165. The average Bonchev–Trinajstić information content (AvgIpc) is 3.21. The van der Waals surface area contributed by atoms with Crippen LogP contribution in [0.2, 0.25) is 0 Å². The molecule has 0 bridgehead atoms. The maximum atomic E-state index is 12.4. The Morgan fingerprint density at radius 1 is 1.37 bits per heavy atom. The van der Waals surface area contributed by atoms with Crippen LogP contribution in [0.3, 0.4) is 0 Å². The summed E-state index contributed by atoms with van der Waals surface area (Å²) < 4.78 is 5.26. The van der Waals surface area contributed by atoms with Crippen LogP contribution in [-0.4, -0.2) is 41.6 Å². The van der Waals surface area contributed by atoms with E-state index in [1.165, 1.54) is 11.8 Å². The predicted molar refractivity (Wildman–Crippen MR) is 74.8 cm³/mol. The lowest BCUT2D eigenvalue weighted by Gasteiger charge is -2.32. The quantitative estimate of drug-likeness (QED) is 0.609. The molecule has 2 aliphatic rings. The molecule has 1 amide bonds. The van der Waals surface area contributed by atoms with Crippen LogP contribution < -0.4 is 11.1 Å². The number of carbonyl (C=O) groups is 2. The number of nitrogens with two attached hydrogens (primary N) is 1. The van der Waals surface area contributed by atoms with Gasteiger partial charge in [0.15, 0.2) is 0 Å². The van der Waals surface area contributed by atoms with Crippen LogP contribution >= 0.6 is 11.8 Å². The Balaban J connectivity index is 2.03. The number of thioether (sulfide) groups is 1. The van der Waals surface area contributed by atoms with Gasteiger partial charge in [0.1, 0.15) is 5.54 Å². The zero-order valence-corrected chi connectivity index (χ0v) is 12.1. The number of rotatable bonds is 9. The van der Waals surface area contributed by atoms with E-state index in [9.17, 15) is 9.59 Å². The molecular formula is C13H22N2O3S. The number of carbonyl (C=O) groups excluding carboxylic acids is 2. The summed E-state index contributed by atoms with van der Waals surface area (Å²) in [4.78, 5) is 23.2. The number of amides is 1. The molecule has 19 heavy (non-hydrogen) atoms. The topological polar surface area (TPSA) is 81.4 Å². The summed E-state index contributed by atoms with van der Waals surface area (Å²) in [7, 11) is 0. The van der Waals surface area contributed by atoms with Gasteiger partial charge in [-0.2, -0.15) is 0 Å². The molecule has 0 radical (unpaired) electrons. The Labute approximate surface area is 118 Å². The zero-order valence-electron chi connectivity index (χ0n) is 11.3. The highest BCUT2D eigenvalue weighted by Gasteiger charge is 2.53. The predicted octanol–water partition coefficient (Wildman–Crippen LogP) is 0.669. The Kier molecular flexibility index (Phi) is 4.73. The van der Waals surface area contributed by atoms with Crippen molar-refractivity contribution in [1.82, 2.24) is 5.32 Å². The van der Waals surface area contributed by atoms with Crippen molar-refractivity contribution in [2.45, 2.75) is 44.2 Å². The van der Waals surface area contributed by atoms with Crippen molar-refractivity contribution >= 4 is 23.6 Å². The molecule has 2 aliphatic carbocycles. The summed E-state index contributed by atoms with van der Waals surface area (Å²) in [6.45, 7) is 2.21. The molecule has 3 N–H and O–H groups in total. The van der Waals surface area contributed by atoms with Crippen molar-refractivity contribution in [3.63, 3.8) is 0 Å². The lowest BCUT2D eigenvalue weighted by atomic mass is 9.95. The van der Waals surface area contributed by atoms with E-state index in [4.69, 9.17) is 10.5 Å². The summed E-state index contributed by atoms with van der Waals surface area (Å²) in [6, 6.07) is 0.430. The third kappa shape index (κ3) is 3.86. The maximum absolute atomic E-state index is 12.4. The van der Waals surface area contributed by atoms with E-state index >= 15 is 0 Å². The number of primary amides is 1. The van der Waals surface area contributed by atoms with Crippen LogP contribution in [0.4, 0.5) is 0 Å². The second-order valence-electron chi connectivity index (χ2n) is 5.34. The first-order chi connectivity index (χ1) is 9.08. The monoisotopic (exact) mass is 286 g/mol. The van der Waals surface area contributed by atoms with Gasteiger partial charge in [0, 0.05) is 11.8 Å². The van der Waals surface area contributed by atoms with Crippen molar-refractivity contribution in [3.8, 4) is 0 Å². The van der Waals surface area contributed by atoms with E-state index in [0.717, 1.165) is 25.7 Å². The van der Waals surface area contributed by atoms with Gasteiger partial charge in [-0.25, -0.2) is 0 Å². The molecule has 0 aromatic heterocycles. The van der Waals surface area contributed by atoms with Crippen LogP contribution in [-0.2, 0) is 14.3 Å². The van der Waals surface area contributed by atoms with E-state index in [2.05, 4.69) is 5.32 Å². The molecule has 1 unspecified atom stereocenters. The molecular weight excluding hydrogens is 264 g/mol. The van der Waals surface area contributed by atoms with E-state index < -0.39 is 5.54 Å². The molecule has 0 heterocycles. The maximum Gasteiger partial charge on any atom is 0.327 e. The highest BCUT2D eigenvalue weighted by atomic mass is 32.2. The first-order valence-electron chi connectivity index (χ1n) is 6.89. The van der Waals surface area contributed by atoms with Crippen LogP contribution in [0.1, 0.15) is 32.6 Å². The fourth-order valence-electron chi connectivity index (χ4n) is 2.30. The van der Waals surface area contributed by atoms with E-state index in [1.54, 1.807) is 0 Å². The van der Waals surface area contributed by atoms with Crippen LogP contribution in [0.15, 0.2) is 0 Å². The van der Waals surface area contributed by atoms with Gasteiger partial charge in [-0.15, -0.1) is 11.8 Å². The first-order valence-corrected chi connectivity index (χ1v) is 8.05. The molecule has 0 saturated heterocycles. The van der Waals surface area contributed by atoms with Crippen molar-refractivity contribution in [1.29, 1.82) is 0 Å². The Morgan fingerprint density at radius 2 is 2.05 bits per heavy atom. The molecule has 108 valence electrons. The summed E-state index contributed by atoms with van der Waals surface area (Å²) in [6.07, 6.45) is 4.34. The number of hydrogen-bond acceptors (Lipinski definition) is 5. The zero-order chi connectivity index (χ0) is 13.9. The third-order valence-corrected chi connectivity index (χ3v) is 4.68. The van der Waals surface area contributed by atoms with Crippen molar-refractivity contribution < 1.29 is 14.3 Å². The molecule has 0 aliphatic heterocycles. The first kappa shape index (κ1) is 14.7. The highest BCUT2D eigenvalue weighted by Crippen LogP contribution is 2.44. The summed E-state index contributed by atoms with van der Waals surface area (Å²) in [5.74, 6) is 0.648. The molecule has 6 heteroatoms. The van der Waals surface area contributed by atoms with Gasteiger partial charge >= 0.3 is 5.97 Å². The van der Waals surface area contributed by atoms with Crippen LogP contribution in [0, 0.1) is 5.92 Å². The largest absolute Gasteiger partial charge is 0.465 e. The second kappa shape index (κ2) is 6.13. The fourth-order valence-corrected chi connectivity index (χ4v) is 3.36. The van der Waals surface area contributed by atoms with Gasteiger partial charge in [-0.1, -0.05) is 0 Å². The molecule has 0 spiro atoms. The number of hydrogen-bond donors (Lipinski definition) is 2. The number of esters is 1. The van der Waals surface area contributed by atoms with Crippen molar-refractivity contribution in [2.75, 3.05) is 18.1 Å². The molecule has 1 atom stereocenters. The highest BCUT2D eigenvalue weighted by molar-refractivity contribution is 8.00. The molecule has 0 aromatic rings. The van der Waals surface area contributed by atoms with E-state index in [-0.39, 0.29) is 17.6 Å². The van der Waals surface area contributed by atoms with Gasteiger partial charge in [-0.05, 0) is 38.5 Å². The SMILES string of the molecule is CCOC(=O)C(CSCC(N)=O)(NC1CC1)C1CC1. The number of nitrogens with one attached hydrogen (secondary N) is 1. The van der Waals surface area contributed by atoms with Gasteiger partial charge in [0.2, 0.25) is 5.91 Å². The van der Waals surface area contributed by atoms with Crippen molar-refractivity contribution in [3.05, 3.63) is 0 Å². The normalized spacial score (nSPS) is 21.7. The standard InChI is InChI=1S/C13H22N2O3S/c1-2-18-12(17)13(9-3-4-9,15-10-5-6-10)8-19-7-11(14)16/h9-10,15H,2-8H2,1H3,(H2,14,16). The van der Waals surface area contributed by atoms with Gasteiger partial charge in [0.25, 0.3) is 0 Å². The molecule has 0 aromatic carbocycles. The lowest BCUT2D eigenvalue weighted by Crippen LogP contribution is -2.58. The van der Waals surface area contributed by atoms with E-state index in [1.807, 2.05) is 6.92 Å². The van der Waals surface area contributed by atoms with E-state index in [0.29, 0.717) is 24.3 Å². The average molecular weight is 286 g/mol. The Hall–Kier alpha value is -0.750. The minimum atomic E-state index is -0.614. The number of ether oxygens (including phenoxy) is 1. The fraction of sp³-hybridized carbons (Fsp3) is 0.846. The summed E-state index contributed by atoms with van der Waals surface area (Å²) >= 11 is 1.42. The Morgan fingerprint density at radius 3 is 2.53 bits per heavy atom. The van der Waals surface area contributed by atoms with Gasteiger partial charge < -0.3 is 10.5 Å². The molecule has 2 saturated carbocycles. The van der Waals surface area contributed by atoms with Gasteiger partial charge in [0.05, 0.1) is 12.4 Å². The van der Waals surface area contributed by atoms with Crippen LogP contribution in [0.25, 0.3) is 0 Å². The Bertz CT molecular complexity index is 356. The second-order valence-corrected chi connectivity index (χ2v) is 6.33. The minimum Gasteiger partial charge on any atom is -0.465 e. The molecule has 5 nitrogen and oxygen atoms in total. The van der Waals surface area contributed by atoms with Crippen LogP contribution in [0.5, 0.6) is 0 Å². The lowest BCUT2D eigenvalue weighted by molar-refractivity contribution is -0.151. The summed E-state index contributed by atoms with van der Waals surface area (Å²) in [5, 5.41) is 3.48. The smallest absolute Gasteiger partial charge is 0.327 e.